The molecule has 0 saturated carbocycles. The van der Waals surface area contributed by atoms with Gasteiger partial charge in [-0.2, -0.15) is 0 Å². The van der Waals surface area contributed by atoms with Crippen LogP contribution in [0.2, 0.25) is 0 Å². The van der Waals surface area contributed by atoms with Gasteiger partial charge in [-0.25, -0.2) is 0 Å². The van der Waals surface area contributed by atoms with Crippen LogP contribution in [0.25, 0.3) is 0 Å². The molecule has 0 unspecified atom stereocenters. The van der Waals surface area contributed by atoms with Gasteiger partial charge in [0.05, 0.1) is 3.57 Å². The largest absolute Gasteiger partial charge is 0.489 e. The fourth-order valence-electron chi connectivity index (χ4n) is 2.76. The summed E-state index contributed by atoms with van der Waals surface area (Å²) >= 11 is 2.33. The summed E-state index contributed by atoms with van der Waals surface area (Å²) in [4.78, 5) is 6.72. The zero-order valence-electron chi connectivity index (χ0n) is 14.6. The number of hydrogen-bond acceptors (Lipinski definition) is 3. The van der Waals surface area contributed by atoms with E-state index in [1.165, 1.54) is 3.57 Å². The number of nitrogens with one attached hydrogen (secondary N) is 1. The molecule has 0 aliphatic carbocycles. The van der Waals surface area contributed by atoms with Crippen LogP contribution in [0, 0.1) is 3.57 Å². The van der Waals surface area contributed by atoms with Gasteiger partial charge in [-0.05, 0) is 48.1 Å². The predicted octanol–water partition coefficient (Wildman–Crippen LogP) is 3.14. The zero-order valence-corrected chi connectivity index (χ0v) is 16.8. The quantitative estimate of drug-likeness (QED) is 0.303. The van der Waals surface area contributed by atoms with Crippen LogP contribution in [0.5, 0.6) is 5.75 Å². The Morgan fingerprint density at radius 2 is 2.08 bits per heavy atom. The number of nitrogens with zero attached hydrogens (tertiary/aromatic N) is 2. The second kappa shape index (κ2) is 10.8. The Hall–Kier alpha value is -1.02. The molecule has 0 amide bonds. The predicted molar refractivity (Wildman–Crippen MR) is 107 cm³/mol. The van der Waals surface area contributed by atoms with E-state index in [1.807, 2.05) is 32.2 Å². The maximum atomic E-state index is 6.16. The molecule has 1 aromatic rings. The van der Waals surface area contributed by atoms with Crippen molar-refractivity contribution >= 4 is 28.6 Å². The highest BCUT2D eigenvalue weighted by Gasteiger charge is 2.23. The minimum Gasteiger partial charge on any atom is -0.489 e. The summed E-state index contributed by atoms with van der Waals surface area (Å²) in [6.07, 6.45) is 3.32. The van der Waals surface area contributed by atoms with Crippen LogP contribution in [0.4, 0.5) is 0 Å². The molecule has 1 aliphatic rings. The maximum Gasteiger partial charge on any atom is 0.193 e. The normalized spacial score (nSPS) is 16.3. The monoisotopic (exact) mass is 445 g/mol. The number of piperidine rings is 1. The van der Waals surface area contributed by atoms with Gasteiger partial charge >= 0.3 is 0 Å². The number of guanidine groups is 1. The van der Waals surface area contributed by atoms with Crippen molar-refractivity contribution in [3.63, 3.8) is 0 Å². The molecule has 1 aromatic carbocycles. The standard InChI is InChI=1S/C18H28IN3O2/c1-3-23-14-6-11-21-18(20-2)22-12-9-15(10-13-22)24-17-8-5-4-7-16(17)19/h4-5,7-8,15H,3,6,9-14H2,1-2H3,(H,20,21). The summed E-state index contributed by atoms with van der Waals surface area (Å²) in [6, 6.07) is 8.20. The Labute approximate surface area is 158 Å². The highest BCUT2D eigenvalue weighted by atomic mass is 127. The van der Waals surface area contributed by atoms with Gasteiger partial charge < -0.3 is 19.7 Å². The Morgan fingerprint density at radius 1 is 1.33 bits per heavy atom. The van der Waals surface area contributed by atoms with E-state index in [0.717, 1.165) is 63.8 Å². The third-order valence-electron chi connectivity index (χ3n) is 4.04. The van der Waals surface area contributed by atoms with Crippen molar-refractivity contribution < 1.29 is 9.47 Å². The lowest BCUT2D eigenvalue weighted by molar-refractivity contribution is 0.128. The van der Waals surface area contributed by atoms with Gasteiger partial charge in [-0.1, -0.05) is 12.1 Å². The van der Waals surface area contributed by atoms with Gasteiger partial charge in [0.1, 0.15) is 11.9 Å². The number of para-hydroxylation sites is 1. The van der Waals surface area contributed by atoms with Crippen molar-refractivity contribution in [1.29, 1.82) is 0 Å². The van der Waals surface area contributed by atoms with Gasteiger partial charge in [-0.15, -0.1) is 0 Å². The number of hydrogen-bond donors (Lipinski definition) is 1. The Balaban J connectivity index is 1.73. The molecule has 134 valence electrons. The minimum atomic E-state index is 0.285. The van der Waals surface area contributed by atoms with E-state index in [4.69, 9.17) is 9.47 Å². The maximum absolute atomic E-state index is 6.16. The number of rotatable bonds is 7. The van der Waals surface area contributed by atoms with Crippen LogP contribution < -0.4 is 10.1 Å². The molecule has 24 heavy (non-hydrogen) atoms. The van der Waals surface area contributed by atoms with Crippen LogP contribution in [0.15, 0.2) is 29.3 Å². The van der Waals surface area contributed by atoms with Gasteiger partial charge in [0.2, 0.25) is 0 Å². The van der Waals surface area contributed by atoms with Crippen molar-refractivity contribution in [3.8, 4) is 5.75 Å². The first-order chi connectivity index (χ1) is 11.7. The van der Waals surface area contributed by atoms with Gasteiger partial charge in [0, 0.05) is 52.7 Å². The molecular weight excluding hydrogens is 417 g/mol. The average molecular weight is 445 g/mol. The van der Waals surface area contributed by atoms with Crippen LogP contribution in [0.3, 0.4) is 0 Å². The van der Waals surface area contributed by atoms with Gasteiger partial charge in [0.25, 0.3) is 0 Å². The van der Waals surface area contributed by atoms with Crippen LogP contribution in [-0.4, -0.2) is 56.9 Å². The minimum absolute atomic E-state index is 0.285. The Kier molecular flexibility index (Phi) is 8.66. The molecule has 1 saturated heterocycles. The number of likely N-dealkylation sites (tertiary alicyclic amines) is 1. The fourth-order valence-corrected chi connectivity index (χ4v) is 3.27. The summed E-state index contributed by atoms with van der Waals surface area (Å²) in [5, 5.41) is 3.43. The molecule has 0 spiro atoms. The number of benzene rings is 1. The highest BCUT2D eigenvalue weighted by Crippen LogP contribution is 2.24. The Bertz CT molecular complexity index is 517. The summed E-state index contributed by atoms with van der Waals surface area (Å²) < 4.78 is 12.7. The molecule has 1 aliphatic heterocycles. The molecular formula is C18H28IN3O2. The van der Waals surface area contributed by atoms with E-state index in [-0.39, 0.29) is 6.10 Å². The van der Waals surface area contributed by atoms with Crippen molar-refractivity contribution in [1.82, 2.24) is 10.2 Å². The van der Waals surface area contributed by atoms with Crippen LogP contribution in [0.1, 0.15) is 26.2 Å². The lowest BCUT2D eigenvalue weighted by Gasteiger charge is -2.34. The second-order valence-corrected chi connectivity index (χ2v) is 6.92. The molecule has 1 fully saturated rings. The van der Waals surface area contributed by atoms with E-state index in [9.17, 15) is 0 Å². The molecule has 0 radical (unpaired) electrons. The highest BCUT2D eigenvalue weighted by molar-refractivity contribution is 14.1. The smallest absolute Gasteiger partial charge is 0.193 e. The average Bonchev–Trinajstić information content (AvgIpc) is 2.61. The van der Waals surface area contributed by atoms with Crippen molar-refractivity contribution in [2.45, 2.75) is 32.3 Å². The van der Waals surface area contributed by atoms with Crippen molar-refractivity contribution in [3.05, 3.63) is 27.8 Å². The lowest BCUT2D eigenvalue weighted by Crippen LogP contribution is -2.47. The lowest BCUT2D eigenvalue weighted by atomic mass is 10.1. The molecule has 1 N–H and O–H groups in total. The van der Waals surface area contributed by atoms with Crippen LogP contribution >= 0.6 is 22.6 Å². The van der Waals surface area contributed by atoms with E-state index in [1.54, 1.807) is 0 Å². The first-order valence-corrected chi connectivity index (χ1v) is 9.77. The molecule has 0 atom stereocenters. The van der Waals surface area contributed by atoms with Gasteiger partial charge in [0.15, 0.2) is 5.96 Å². The summed E-state index contributed by atoms with van der Waals surface area (Å²) in [6.45, 7) is 6.44. The van der Waals surface area contributed by atoms with Gasteiger partial charge in [-0.3, -0.25) is 4.99 Å². The van der Waals surface area contributed by atoms with E-state index in [2.05, 4.69) is 43.9 Å². The molecule has 2 rings (SSSR count). The molecule has 0 aromatic heterocycles. The van der Waals surface area contributed by atoms with Crippen LogP contribution in [-0.2, 0) is 4.74 Å². The first-order valence-electron chi connectivity index (χ1n) is 8.69. The molecule has 5 nitrogen and oxygen atoms in total. The zero-order chi connectivity index (χ0) is 17.2. The number of halogens is 1. The topological polar surface area (TPSA) is 46.1 Å². The first kappa shape index (κ1) is 19.3. The second-order valence-electron chi connectivity index (χ2n) is 5.76. The van der Waals surface area contributed by atoms with Crippen molar-refractivity contribution in [2.75, 3.05) is 39.9 Å². The summed E-state index contributed by atoms with van der Waals surface area (Å²) in [5.41, 5.74) is 0. The third kappa shape index (κ3) is 6.12. The Morgan fingerprint density at radius 3 is 2.75 bits per heavy atom. The number of ether oxygens (including phenoxy) is 2. The fraction of sp³-hybridized carbons (Fsp3) is 0.611. The SMILES string of the molecule is CCOCCCNC(=NC)N1CCC(Oc2ccccc2I)CC1. The summed E-state index contributed by atoms with van der Waals surface area (Å²) in [7, 11) is 1.85. The molecule has 6 heteroatoms. The van der Waals surface area contributed by atoms with E-state index in [0.29, 0.717) is 0 Å². The number of aliphatic imine (C=N–C) groups is 1. The molecule has 0 bridgehead atoms. The third-order valence-corrected chi connectivity index (χ3v) is 4.93. The molecule has 1 heterocycles. The summed E-state index contributed by atoms with van der Waals surface area (Å²) in [5.74, 6) is 1.98. The van der Waals surface area contributed by atoms with E-state index >= 15 is 0 Å². The van der Waals surface area contributed by atoms with Crippen molar-refractivity contribution in [2.24, 2.45) is 4.99 Å². The van der Waals surface area contributed by atoms with E-state index < -0.39 is 0 Å².